The molecular formula is C19H20N2O2S. The van der Waals surface area contributed by atoms with Crippen LogP contribution < -0.4 is 10.6 Å². The molecule has 1 saturated heterocycles. The number of thioether (sulfide) groups is 1. The molecule has 2 atom stereocenters. The van der Waals surface area contributed by atoms with Crippen molar-refractivity contribution in [1.29, 1.82) is 0 Å². The lowest BCUT2D eigenvalue weighted by Crippen LogP contribution is -2.52. The summed E-state index contributed by atoms with van der Waals surface area (Å²) in [4.78, 5) is 24.6. The van der Waals surface area contributed by atoms with Gasteiger partial charge < -0.3 is 10.6 Å². The fourth-order valence-corrected chi connectivity index (χ4v) is 3.78. The van der Waals surface area contributed by atoms with E-state index in [0.29, 0.717) is 12.3 Å². The van der Waals surface area contributed by atoms with Crippen LogP contribution in [-0.4, -0.2) is 23.6 Å². The number of benzene rings is 2. The zero-order chi connectivity index (χ0) is 16.9. The molecule has 5 heteroatoms. The quantitative estimate of drug-likeness (QED) is 0.899. The molecule has 1 fully saturated rings. The lowest BCUT2D eigenvalue weighted by atomic mass is 10.1. The van der Waals surface area contributed by atoms with Gasteiger partial charge in [0.05, 0.1) is 0 Å². The molecule has 2 aromatic rings. The van der Waals surface area contributed by atoms with Crippen molar-refractivity contribution < 1.29 is 9.59 Å². The van der Waals surface area contributed by atoms with Crippen molar-refractivity contribution in [3.63, 3.8) is 0 Å². The van der Waals surface area contributed by atoms with E-state index < -0.39 is 6.04 Å². The molecule has 3 rings (SSSR count). The van der Waals surface area contributed by atoms with Crippen LogP contribution in [0.25, 0.3) is 0 Å². The van der Waals surface area contributed by atoms with Gasteiger partial charge in [0.25, 0.3) is 0 Å². The lowest BCUT2D eigenvalue weighted by molar-refractivity contribution is -0.128. The van der Waals surface area contributed by atoms with E-state index in [4.69, 9.17) is 0 Å². The van der Waals surface area contributed by atoms with Gasteiger partial charge in [0.2, 0.25) is 11.8 Å². The molecule has 124 valence electrons. The Bertz CT molecular complexity index is 716. The van der Waals surface area contributed by atoms with Crippen molar-refractivity contribution in [3.05, 3.63) is 71.3 Å². The van der Waals surface area contributed by atoms with Crippen molar-refractivity contribution in [1.82, 2.24) is 10.6 Å². The summed E-state index contributed by atoms with van der Waals surface area (Å²) < 4.78 is 0. The van der Waals surface area contributed by atoms with Gasteiger partial charge in [-0.3, -0.25) is 9.59 Å². The van der Waals surface area contributed by atoms with Crippen LogP contribution in [-0.2, 0) is 16.1 Å². The third-order valence-corrected chi connectivity index (χ3v) is 5.34. The van der Waals surface area contributed by atoms with E-state index in [1.807, 2.05) is 61.5 Å². The largest absolute Gasteiger partial charge is 0.350 e. The van der Waals surface area contributed by atoms with Crippen LogP contribution in [0.15, 0.2) is 54.6 Å². The third kappa shape index (κ3) is 3.97. The van der Waals surface area contributed by atoms with Crippen LogP contribution >= 0.6 is 11.8 Å². The predicted molar refractivity (Wildman–Crippen MR) is 96.6 cm³/mol. The summed E-state index contributed by atoms with van der Waals surface area (Å²) in [5.41, 5.74) is 3.21. The van der Waals surface area contributed by atoms with Gasteiger partial charge in [-0.15, -0.1) is 11.8 Å². The number of amides is 2. The summed E-state index contributed by atoms with van der Waals surface area (Å²) in [5, 5.41) is 5.49. The SMILES string of the molecule is Cc1ccc(CNC(=O)C2CSC(c3ccccc3)C(=O)N2)cc1. The molecule has 2 unspecified atom stereocenters. The number of hydrogen-bond acceptors (Lipinski definition) is 3. The Morgan fingerprint density at radius 1 is 1.17 bits per heavy atom. The highest BCUT2D eigenvalue weighted by atomic mass is 32.2. The van der Waals surface area contributed by atoms with Crippen LogP contribution in [0.2, 0.25) is 0 Å². The van der Waals surface area contributed by atoms with Crippen LogP contribution in [0.3, 0.4) is 0 Å². The second-order valence-corrected chi connectivity index (χ2v) is 7.03. The summed E-state index contributed by atoms with van der Waals surface area (Å²) in [6.07, 6.45) is 0. The number of carbonyl (C=O) groups excluding carboxylic acids is 2. The minimum Gasteiger partial charge on any atom is -0.350 e. The zero-order valence-electron chi connectivity index (χ0n) is 13.5. The van der Waals surface area contributed by atoms with Gasteiger partial charge in [0.15, 0.2) is 0 Å². The maximum absolute atomic E-state index is 12.3. The highest BCUT2D eigenvalue weighted by molar-refractivity contribution is 8.00. The smallest absolute Gasteiger partial charge is 0.243 e. The predicted octanol–water partition coefficient (Wildman–Crippen LogP) is 2.58. The molecule has 1 heterocycles. The summed E-state index contributed by atoms with van der Waals surface area (Å²) in [6.45, 7) is 2.50. The molecule has 1 aliphatic heterocycles. The van der Waals surface area contributed by atoms with Crippen molar-refractivity contribution in [3.8, 4) is 0 Å². The van der Waals surface area contributed by atoms with Crippen molar-refractivity contribution in [2.24, 2.45) is 0 Å². The topological polar surface area (TPSA) is 58.2 Å². The maximum atomic E-state index is 12.3. The van der Waals surface area contributed by atoms with Crippen molar-refractivity contribution >= 4 is 23.6 Å². The van der Waals surface area contributed by atoms with Gasteiger partial charge in [-0.2, -0.15) is 0 Å². The van der Waals surface area contributed by atoms with Crippen LogP contribution in [0, 0.1) is 6.92 Å². The van der Waals surface area contributed by atoms with E-state index in [1.165, 1.54) is 17.3 Å². The Hall–Kier alpha value is -2.27. The van der Waals surface area contributed by atoms with Gasteiger partial charge in [0.1, 0.15) is 11.3 Å². The maximum Gasteiger partial charge on any atom is 0.243 e. The molecular weight excluding hydrogens is 320 g/mol. The van der Waals surface area contributed by atoms with Gasteiger partial charge in [-0.25, -0.2) is 0 Å². The summed E-state index contributed by atoms with van der Waals surface area (Å²) in [5.74, 6) is 0.335. The summed E-state index contributed by atoms with van der Waals surface area (Å²) in [7, 11) is 0. The minimum absolute atomic E-state index is 0.104. The first-order valence-corrected chi connectivity index (χ1v) is 8.98. The van der Waals surface area contributed by atoms with Crippen molar-refractivity contribution in [2.75, 3.05) is 5.75 Å². The Balaban J connectivity index is 1.54. The second kappa shape index (κ2) is 7.53. The first kappa shape index (κ1) is 16.6. The Labute approximate surface area is 146 Å². The third-order valence-electron chi connectivity index (χ3n) is 3.99. The molecule has 0 saturated carbocycles. The fourth-order valence-electron chi connectivity index (χ4n) is 2.59. The molecule has 0 aliphatic carbocycles. The molecule has 0 aromatic heterocycles. The first-order valence-electron chi connectivity index (χ1n) is 7.93. The zero-order valence-corrected chi connectivity index (χ0v) is 14.3. The molecule has 0 spiro atoms. The van der Waals surface area contributed by atoms with Gasteiger partial charge in [0, 0.05) is 12.3 Å². The van der Waals surface area contributed by atoms with E-state index in [-0.39, 0.29) is 17.1 Å². The highest BCUT2D eigenvalue weighted by Crippen LogP contribution is 2.32. The number of carbonyl (C=O) groups is 2. The Kier molecular flexibility index (Phi) is 5.20. The number of nitrogens with one attached hydrogen (secondary N) is 2. The number of rotatable bonds is 4. The molecule has 4 nitrogen and oxygen atoms in total. The average molecular weight is 340 g/mol. The Morgan fingerprint density at radius 2 is 1.88 bits per heavy atom. The van der Waals surface area contributed by atoms with E-state index in [2.05, 4.69) is 10.6 Å². The number of aryl methyl sites for hydroxylation is 1. The monoisotopic (exact) mass is 340 g/mol. The summed E-state index contributed by atoms with van der Waals surface area (Å²) >= 11 is 1.51. The molecule has 24 heavy (non-hydrogen) atoms. The second-order valence-electron chi connectivity index (χ2n) is 5.89. The average Bonchev–Trinajstić information content (AvgIpc) is 2.61. The van der Waals surface area contributed by atoms with Gasteiger partial charge in [-0.1, -0.05) is 60.2 Å². The Morgan fingerprint density at radius 3 is 2.54 bits per heavy atom. The fraction of sp³-hybridized carbons (Fsp3) is 0.263. The highest BCUT2D eigenvalue weighted by Gasteiger charge is 2.32. The molecule has 2 N–H and O–H groups in total. The molecule has 0 radical (unpaired) electrons. The van der Waals surface area contributed by atoms with E-state index in [0.717, 1.165) is 11.1 Å². The summed E-state index contributed by atoms with van der Waals surface area (Å²) in [6, 6.07) is 17.2. The minimum atomic E-state index is -0.479. The van der Waals surface area contributed by atoms with Crippen LogP contribution in [0.1, 0.15) is 21.9 Å². The standard InChI is InChI=1S/C19H20N2O2S/c1-13-7-9-14(10-8-13)11-20-18(22)16-12-24-17(19(23)21-16)15-5-3-2-4-6-15/h2-10,16-17H,11-12H2,1H3,(H,20,22)(H,21,23). The number of hydrogen-bond donors (Lipinski definition) is 2. The first-order chi connectivity index (χ1) is 11.6. The molecule has 2 aromatic carbocycles. The van der Waals surface area contributed by atoms with Gasteiger partial charge >= 0.3 is 0 Å². The van der Waals surface area contributed by atoms with Crippen LogP contribution in [0.5, 0.6) is 0 Å². The van der Waals surface area contributed by atoms with Crippen molar-refractivity contribution in [2.45, 2.75) is 24.8 Å². The van der Waals surface area contributed by atoms with Crippen LogP contribution in [0.4, 0.5) is 0 Å². The van der Waals surface area contributed by atoms with Gasteiger partial charge in [-0.05, 0) is 18.1 Å². The van der Waals surface area contributed by atoms with E-state index in [1.54, 1.807) is 0 Å². The lowest BCUT2D eigenvalue weighted by Gasteiger charge is -2.28. The van der Waals surface area contributed by atoms with E-state index in [9.17, 15) is 9.59 Å². The molecule has 2 amide bonds. The molecule has 1 aliphatic rings. The molecule has 0 bridgehead atoms. The van der Waals surface area contributed by atoms with E-state index >= 15 is 0 Å². The normalized spacial score (nSPS) is 20.3.